The van der Waals surface area contributed by atoms with Gasteiger partial charge in [-0.2, -0.15) is 0 Å². The number of nitrogens with zero attached hydrogens (tertiary/aromatic N) is 2. The van der Waals surface area contributed by atoms with Gasteiger partial charge < -0.3 is 9.13 Å². The van der Waals surface area contributed by atoms with Gasteiger partial charge in [-0.3, -0.25) is 0 Å². The van der Waals surface area contributed by atoms with Crippen molar-refractivity contribution in [2.75, 3.05) is 0 Å². The summed E-state index contributed by atoms with van der Waals surface area (Å²) in [6.07, 6.45) is 0. The molecular formula is C73H50N2Si. The van der Waals surface area contributed by atoms with Gasteiger partial charge in [-0.05, 0) is 108 Å². The van der Waals surface area contributed by atoms with Gasteiger partial charge in [0.05, 0.1) is 33.2 Å². The van der Waals surface area contributed by atoms with Crippen LogP contribution in [0.1, 0.15) is 22.3 Å². The van der Waals surface area contributed by atoms with Gasteiger partial charge >= 0.3 is 0 Å². The maximum atomic E-state index is 2.53. The van der Waals surface area contributed by atoms with Crippen LogP contribution in [0.2, 0.25) is 0 Å². The Balaban J connectivity index is 0.943. The first-order valence-corrected chi connectivity index (χ1v) is 28.4. The van der Waals surface area contributed by atoms with Crippen LogP contribution < -0.4 is 20.7 Å². The molecule has 0 saturated heterocycles. The summed E-state index contributed by atoms with van der Waals surface area (Å²) in [5, 5.41) is 10.4. The molecule has 0 unspecified atom stereocenters. The van der Waals surface area contributed by atoms with Gasteiger partial charge in [-0.1, -0.05) is 261 Å². The molecule has 0 spiro atoms. The van der Waals surface area contributed by atoms with Gasteiger partial charge in [-0.25, -0.2) is 0 Å². The van der Waals surface area contributed by atoms with E-state index in [1.807, 2.05) is 0 Å². The minimum atomic E-state index is -2.72. The Bertz CT molecular complexity index is 4350. The lowest BCUT2D eigenvalue weighted by atomic mass is 9.67. The summed E-state index contributed by atoms with van der Waals surface area (Å²) in [7, 11) is -2.72. The average Bonchev–Trinajstić information content (AvgIpc) is 4.29. The van der Waals surface area contributed by atoms with Gasteiger partial charge in [0.25, 0.3) is 0 Å². The number of hydrogen-bond acceptors (Lipinski definition) is 0. The third kappa shape index (κ3) is 6.27. The molecule has 0 amide bonds. The van der Waals surface area contributed by atoms with Crippen molar-refractivity contribution in [2.24, 2.45) is 0 Å². The fraction of sp³-hybridized carbons (Fsp3) is 0.0137. The normalized spacial score (nSPS) is 12.8. The van der Waals surface area contributed by atoms with Gasteiger partial charge in [0.2, 0.25) is 0 Å². The largest absolute Gasteiger partial charge is 0.309 e. The first kappa shape index (κ1) is 44.0. The lowest BCUT2D eigenvalue weighted by Gasteiger charge is -2.34. The van der Waals surface area contributed by atoms with E-state index in [2.05, 4.69) is 312 Å². The maximum Gasteiger partial charge on any atom is 0.179 e. The second-order valence-electron chi connectivity index (χ2n) is 20.2. The van der Waals surface area contributed by atoms with Crippen molar-refractivity contribution in [3.63, 3.8) is 0 Å². The molecule has 2 aromatic heterocycles. The zero-order chi connectivity index (χ0) is 50.2. The molecule has 1 aliphatic carbocycles. The van der Waals surface area contributed by atoms with Crippen LogP contribution in [0.25, 0.3) is 77.2 Å². The summed E-state index contributed by atoms with van der Waals surface area (Å²) < 4.78 is 5.01. The Kier molecular flexibility index (Phi) is 10.2. The number of fused-ring (bicyclic) bond motifs is 9. The number of benzene rings is 12. The lowest BCUT2D eigenvalue weighted by Crippen LogP contribution is -2.74. The Labute approximate surface area is 443 Å². The highest BCUT2D eigenvalue weighted by Crippen LogP contribution is 2.59. The number of rotatable bonds is 9. The zero-order valence-corrected chi connectivity index (χ0v) is 42.8. The van der Waals surface area contributed by atoms with E-state index in [4.69, 9.17) is 0 Å². The van der Waals surface area contributed by atoms with E-state index in [-0.39, 0.29) is 0 Å². The Morgan fingerprint density at radius 2 is 0.671 bits per heavy atom. The predicted octanol–water partition coefficient (Wildman–Crippen LogP) is 15.3. The van der Waals surface area contributed by atoms with Gasteiger partial charge in [-0.15, -0.1) is 0 Å². The molecule has 0 aliphatic heterocycles. The second kappa shape index (κ2) is 17.6. The molecule has 2 nitrogen and oxygen atoms in total. The first-order chi connectivity index (χ1) is 37.8. The van der Waals surface area contributed by atoms with Crippen molar-refractivity contribution >= 4 is 72.4 Å². The van der Waals surface area contributed by atoms with Crippen LogP contribution in [-0.2, 0) is 5.41 Å². The fourth-order valence-electron chi connectivity index (χ4n) is 13.6. The molecule has 12 aromatic carbocycles. The maximum absolute atomic E-state index is 2.72. The van der Waals surface area contributed by atoms with Gasteiger partial charge in [0, 0.05) is 27.2 Å². The number of aromatic nitrogens is 2. The average molecular weight is 983 g/mol. The van der Waals surface area contributed by atoms with E-state index in [0.29, 0.717) is 0 Å². The summed E-state index contributed by atoms with van der Waals surface area (Å²) in [5.74, 6) is 0. The van der Waals surface area contributed by atoms with Crippen LogP contribution in [0.15, 0.2) is 303 Å². The van der Waals surface area contributed by atoms with Gasteiger partial charge in [0.1, 0.15) is 0 Å². The highest BCUT2D eigenvalue weighted by molar-refractivity contribution is 7.19. The van der Waals surface area contributed by atoms with E-state index in [1.165, 1.54) is 109 Å². The molecule has 3 heteroatoms. The molecule has 0 saturated carbocycles. The molecule has 1 aliphatic rings. The van der Waals surface area contributed by atoms with E-state index in [9.17, 15) is 0 Å². The van der Waals surface area contributed by atoms with Crippen molar-refractivity contribution in [1.82, 2.24) is 9.13 Å². The van der Waals surface area contributed by atoms with Crippen LogP contribution >= 0.6 is 0 Å². The summed E-state index contributed by atoms with van der Waals surface area (Å²) in [6, 6.07) is 113. The monoisotopic (exact) mass is 982 g/mol. The molecule has 14 aromatic rings. The summed E-state index contributed by atoms with van der Waals surface area (Å²) in [5.41, 5.74) is 16.7. The highest BCUT2D eigenvalue weighted by atomic mass is 28.3. The SMILES string of the molecule is c1ccc(C2(c3ccccc3)c3ccccc3-c3c(-c4cccc5c4c4ccccc4n5-c4cccc5c4c4ccccc4n5-c4ccc([Si](c5ccccc5)(c5ccccc5)c5ccccc5)cc4)cccc32)cc1. The minimum absolute atomic E-state index is 0.493. The standard InChI is InChI=1S/C73H50N2Si/c1-6-25-51(26-7-1)73(52-27-8-2-9-28-52)63-40-19-16-35-60(63)70-58(38-22-41-64(70)73)59-39-23-44-67-71(59)61-36-17-21-43-66(61)75(67)69-46-24-45-68-72(69)62-37-18-20-42-65(62)74(68)53-47-49-57(50-48-53)76(54-29-10-3-11-30-54,55-31-12-4-13-32-55)56-33-14-5-15-34-56/h1-50H. The van der Waals surface area contributed by atoms with Crippen molar-refractivity contribution in [3.05, 3.63) is 326 Å². The quantitative estimate of drug-likeness (QED) is 0.101. The Morgan fingerprint density at radius 3 is 1.28 bits per heavy atom. The molecule has 15 rings (SSSR count). The highest BCUT2D eigenvalue weighted by Gasteiger charge is 2.47. The molecule has 0 fully saturated rings. The van der Waals surface area contributed by atoms with Crippen molar-refractivity contribution in [2.45, 2.75) is 5.41 Å². The summed E-state index contributed by atoms with van der Waals surface area (Å²) in [4.78, 5) is 0. The molecule has 0 atom stereocenters. The smallest absolute Gasteiger partial charge is 0.179 e. The van der Waals surface area contributed by atoms with Crippen molar-refractivity contribution < 1.29 is 0 Å². The molecule has 0 N–H and O–H groups in total. The number of para-hydroxylation sites is 2. The minimum Gasteiger partial charge on any atom is -0.309 e. The van der Waals surface area contributed by atoms with Crippen LogP contribution in [-0.4, -0.2) is 17.2 Å². The molecule has 356 valence electrons. The van der Waals surface area contributed by atoms with E-state index < -0.39 is 13.5 Å². The Morgan fingerprint density at radius 1 is 0.263 bits per heavy atom. The first-order valence-electron chi connectivity index (χ1n) is 26.4. The zero-order valence-electron chi connectivity index (χ0n) is 41.8. The van der Waals surface area contributed by atoms with Crippen molar-refractivity contribution in [3.8, 4) is 33.6 Å². The van der Waals surface area contributed by atoms with Crippen LogP contribution in [0.5, 0.6) is 0 Å². The van der Waals surface area contributed by atoms with Gasteiger partial charge in [0.15, 0.2) is 8.07 Å². The summed E-state index contributed by atoms with van der Waals surface area (Å²) in [6.45, 7) is 0. The van der Waals surface area contributed by atoms with Crippen LogP contribution in [0.4, 0.5) is 0 Å². The van der Waals surface area contributed by atoms with Crippen molar-refractivity contribution in [1.29, 1.82) is 0 Å². The van der Waals surface area contributed by atoms with E-state index in [0.717, 1.165) is 11.4 Å². The lowest BCUT2D eigenvalue weighted by molar-refractivity contribution is 0.768. The van der Waals surface area contributed by atoms with Crippen LogP contribution in [0.3, 0.4) is 0 Å². The number of hydrogen-bond donors (Lipinski definition) is 0. The predicted molar refractivity (Wildman–Crippen MR) is 321 cm³/mol. The molecular weight excluding hydrogens is 933 g/mol. The topological polar surface area (TPSA) is 9.86 Å². The molecule has 0 radical (unpaired) electrons. The molecule has 0 bridgehead atoms. The van der Waals surface area contributed by atoms with Crippen LogP contribution in [0, 0.1) is 0 Å². The fourth-order valence-corrected chi connectivity index (χ4v) is 18.4. The molecule has 76 heavy (non-hydrogen) atoms. The molecule has 2 heterocycles. The van der Waals surface area contributed by atoms with E-state index >= 15 is 0 Å². The Hall–Kier alpha value is -9.54. The summed E-state index contributed by atoms with van der Waals surface area (Å²) >= 11 is 0. The van der Waals surface area contributed by atoms with E-state index in [1.54, 1.807) is 0 Å². The third-order valence-corrected chi connectivity index (χ3v) is 21.4. The third-order valence-electron chi connectivity index (χ3n) is 16.6. The second-order valence-corrected chi connectivity index (χ2v) is 24.0.